The summed E-state index contributed by atoms with van der Waals surface area (Å²) in [5.41, 5.74) is 7.30. The standard InChI is InChI=1S/C14H18N4OS/c1-14(2,13-17-6-7-20-13)18-11-8-9(15)4-5-10(11)12(19)16-3/h4-8,18H,15H2,1-3H3,(H,16,19). The number of nitrogens with zero attached hydrogens (tertiary/aromatic N) is 1. The lowest BCUT2D eigenvalue weighted by Gasteiger charge is -2.26. The van der Waals surface area contributed by atoms with E-state index in [1.165, 1.54) is 0 Å². The Labute approximate surface area is 122 Å². The Morgan fingerprint density at radius 2 is 2.15 bits per heavy atom. The quantitative estimate of drug-likeness (QED) is 0.756. The number of nitrogen functional groups attached to an aromatic ring is 1. The third-order valence-electron chi connectivity index (χ3n) is 2.93. The van der Waals surface area contributed by atoms with Crippen LogP contribution in [-0.2, 0) is 5.54 Å². The van der Waals surface area contributed by atoms with Crippen LogP contribution in [0, 0.1) is 0 Å². The van der Waals surface area contributed by atoms with Crippen LogP contribution in [0.5, 0.6) is 0 Å². The predicted octanol–water partition coefficient (Wildman–Crippen LogP) is 2.43. The number of benzene rings is 1. The van der Waals surface area contributed by atoms with Crippen LogP contribution in [0.1, 0.15) is 29.2 Å². The molecular formula is C14H18N4OS. The zero-order chi connectivity index (χ0) is 14.8. The van der Waals surface area contributed by atoms with Gasteiger partial charge in [-0.15, -0.1) is 11.3 Å². The molecule has 2 rings (SSSR count). The molecule has 0 radical (unpaired) electrons. The van der Waals surface area contributed by atoms with Crippen molar-refractivity contribution in [2.24, 2.45) is 0 Å². The molecule has 0 aliphatic heterocycles. The van der Waals surface area contributed by atoms with Gasteiger partial charge in [0, 0.05) is 30.0 Å². The van der Waals surface area contributed by atoms with E-state index in [1.54, 1.807) is 42.8 Å². The lowest BCUT2D eigenvalue weighted by molar-refractivity contribution is 0.0964. The number of rotatable bonds is 4. The van der Waals surface area contributed by atoms with E-state index in [-0.39, 0.29) is 11.4 Å². The second-order valence-electron chi connectivity index (χ2n) is 4.97. The highest BCUT2D eigenvalue weighted by molar-refractivity contribution is 7.09. The van der Waals surface area contributed by atoms with Gasteiger partial charge >= 0.3 is 0 Å². The molecule has 0 bridgehead atoms. The minimum atomic E-state index is -0.384. The Bertz CT molecular complexity index is 608. The molecule has 0 saturated carbocycles. The molecule has 6 heteroatoms. The number of carbonyl (C=O) groups is 1. The highest BCUT2D eigenvalue weighted by Gasteiger charge is 2.25. The molecular weight excluding hydrogens is 272 g/mol. The van der Waals surface area contributed by atoms with Gasteiger partial charge in [0.2, 0.25) is 0 Å². The average molecular weight is 290 g/mol. The lowest BCUT2D eigenvalue weighted by atomic mass is 10.0. The summed E-state index contributed by atoms with van der Waals surface area (Å²) in [5, 5.41) is 8.86. The van der Waals surface area contributed by atoms with E-state index >= 15 is 0 Å². The third kappa shape index (κ3) is 2.91. The summed E-state index contributed by atoms with van der Waals surface area (Å²) in [7, 11) is 1.61. The highest BCUT2D eigenvalue weighted by Crippen LogP contribution is 2.30. The van der Waals surface area contributed by atoms with Gasteiger partial charge in [-0.05, 0) is 32.0 Å². The zero-order valence-electron chi connectivity index (χ0n) is 11.7. The number of amides is 1. The fraction of sp³-hybridized carbons (Fsp3) is 0.286. The summed E-state index contributed by atoms with van der Waals surface area (Å²) in [6, 6.07) is 5.19. The molecule has 5 nitrogen and oxygen atoms in total. The average Bonchev–Trinajstić information content (AvgIpc) is 2.92. The van der Waals surface area contributed by atoms with Gasteiger partial charge in [-0.25, -0.2) is 4.98 Å². The molecule has 4 N–H and O–H groups in total. The second kappa shape index (κ2) is 5.50. The first kappa shape index (κ1) is 14.3. The smallest absolute Gasteiger partial charge is 0.253 e. The van der Waals surface area contributed by atoms with Gasteiger partial charge in [0.1, 0.15) is 5.01 Å². The minimum Gasteiger partial charge on any atom is -0.399 e. The summed E-state index contributed by atoms with van der Waals surface area (Å²) in [6.45, 7) is 4.03. The van der Waals surface area contributed by atoms with Gasteiger partial charge in [-0.1, -0.05) is 0 Å². The highest BCUT2D eigenvalue weighted by atomic mass is 32.1. The number of nitrogens with two attached hydrogens (primary N) is 1. The topological polar surface area (TPSA) is 80.0 Å². The van der Waals surface area contributed by atoms with E-state index < -0.39 is 0 Å². The molecule has 2 aromatic rings. The van der Waals surface area contributed by atoms with Crippen molar-refractivity contribution in [2.75, 3.05) is 18.1 Å². The molecule has 106 valence electrons. The Kier molecular flexibility index (Phi) is 3.94. The van der Waals surface area contributed by atoms with Gasteiger partial charge < -0.3 is 16.4 Å². The Morgan fingerprint density at radius 3 is 2.75 bits per heavy atom. The molecule has 1 heterocycles. The van der Waals surface area contributed by atoms with Gasteiger partial charge in [0.25, 0.3) is 5.91 Å². The molecule has 0 aliphatic rings. The third-order valence-corrected chi connectivity index (χ3v) is 4.03. The van der Waals surface area contributed by atoms with E-state index in [2.05, 4.69) is 15.6 Å². The minimum absolute atomic E-state index is 0.151. The summed E-state index contributed by atoms with van der Waals surface area (Å²) in [6.07, 6.45) is 1.77. The van der Waals surface area contributed by atoms with Crippen molar-refractivity contribution in [1.82, 2.24) is 10.3 Å². The number of hydrogen-bond acceptors (Lipinski definition) is 5. The first-order chi connectivity index (χ1) is 9.44. The number of aromatic nitrogens is 1. The van der Waals surface area contributed by atoms with Gasteiger partial charge in [0.05, 0.1) is 11.1 Å². The van der Waals surface area contributed by atoms with Crippen LogP contribution in [-0.4, -0.2) is 17.9 Å². The van der Waals surface area contributed by atoms with Gasteiger partial charge in [-0.2, -0.15) is 0 Å². The van der Waals surface area contributed by atoms with Crippen LogP contribution in [0.3, 0.4) is 0 Å². The maximum atomic E-state index is 11.9. The lowest BCUT2D eigenvalue weighted by Crippen LogP contribution is -2.30. The predicted molar refractivity (Wildman–Crippen MR) is 83.0 cm³/mol. The molecule has 1 aromatic heterocycles. The van der Waals surface area contributed by atoms with Gasteiger partial charge in [-0.3, -0.25) is 4.79 Å². The number of hydrogen-bond donors (Lipinski definition) is 3. The molecule has 1 aromatic carbocycles. The van der Waals surface area contributed by atoms with E-state index in [4.69, 9.17) is 5.73 Å². The van der Waals surface area contributed by atoms with E-state index in [9.17, 15) is 4.79 Å². The molecule has 0 aliphatic carbocycles. The maximum Gasteiger partial charge on any atom is 0.253 e. The van der Waals surface area contributed by atoms with Crippen LogP contribution < -0.4 is 16.4 Å². The van der Waals surface area contributed by atoms with Crippen molar-refractivity contribution < 1.29 is 4.79 Å². The first-order valence-corrected chi connectivity index (χ1v) is 7.12. The van der Waals surface area contributed by atoms with Crippen molar-refractivity contribution in [3.05, 3.63) is 40.3 Å². The van der Waals surface area contributed by atoms with Crippen molar-refractivity contribution in [1.29, 1.82) is 0 Å². The fourth-order valence-corrected chi connectivity index (χ4v) is 2.64. The zero-order valence-corrected chi connectivity index (χ0v) is 12.5. The molecule has 0 unspecified atom stereocenters. The van der Waals surface area contributed by atoms with Crippen molar-refractivity contribution in [3.63, 3.8) is 0 Å². The normalized spacial score (nSPS) is 11.2. The molecule has 0 saturated heterocycles. The van der Waals surface area contributed by atoms with Crippen LogP contribution >= 0.6 is 11.3 Å². The molecule has 0 atom stereocenters. The van der Waals surface area contributed by atoms with Crippen LogP contribution in [0.15, 0.2) is 29.8 Å². The molecule has 1 amide bonds. The maximum absolute atomic E-state index is 11.9. The van der Waals surface area contributed by atoms with E-state index in [0.29, 0.717) is 16.9 Å². The number of thiazole rings is 1. The summed E-state index contributed by atoms with van der Waals surface area (Å²) in [4.78, 5) is 16.2. The fourth-order valence-electron chi connectivity index (χ4n) is 1.92. The Balaban J connectivity index is 2.37. The van der Waals surface area contributed by atoms with Crippen molar-refractivity contribution in [3.8, 4) is 0 Å². The number of carbonyl (C=O) groups excluding carboxylic acids is 1. The van der Waals surface area contributed by atoms with Gasteiger partial charge in [0.15, 0.2) is 0 Å². The van der Waals surface area contributed by atoms with Crippen LogP contribution in [0.4, 0.5) is 11.4 Å². The Hall–Kier alpha value is -2.08. The molecule has 20 heavy (non-hydrogen) atoms. The summed E-state index contributed by atoms with van der Waals surface area (Å²) < 4.78 is 0. The Morgan fingerprint density at radius 1 is 1.40 bits per heavy atom. The number of anilines is 2. The van der Waals surface area contributed by atoms with Crippen molar-refractivity contribution in [2.45, 2.75) is 19.4 Å². The summed E-state index contributed by atoms with van der Waals surface area (Å²) >= 11 is 1.57. The van der Waals surface area contributed by atoms with Crippen molar-refractivity contribution >= 4 is 28.6 Å². The summed E-state index contributed by atoms with van der Waals surface area (Å²) in [5.74, 6) is -0.151. The van der Waals surface area contributed by atoms with E-state index in [0.717, 1.165) is 5.01 Å². The van der Waals surface area contributed by atoms with Crippen LogP contribution in [0.2, 0.25) is 0 Å². The second-order valence-corrected chi connectivity index (χ2v) is 5.87. The monoisotopic (exact) mass is 290 g/mol. The first-order valence-electron chi connectivity index (χ1n) is 6.24. The van der Waals surface area contributed by atoms with Crippen LogP contribution in [0.25, 0.3) is 0 Å². The van der Waals surface area contributed by atoms with E-state index in [1.807, 2.05) is 19.2 Å². The largest absolute Gasteiger partial charge is 0.399 e. The molecule has 0 spiro atoms. The number of nitrogens with one attached hydrogen (secondary N) is 2. The SMILES string of the molecule is CNC(=O)c1ccc(N)cc1NC(C)(C)c1nccs1. The molecule has 0 fully saturated rings.